The van der Waals surface area contributed by atoms with E-state index in [0.717, 1.165) is 12.1 Å². The average Bonchev–Trinajstić information content (AvgIpc) is 2.94. The summed E-state index contributed by atoms with van der Waals surface area (Å²) in [6.07, 6.45) is 0. The molecule has 1 radical (unpaired) electrons. The number of fused-ring (bicyclic) bond motifs is 3. The predicted molar refractivity (Wildman–Crippen MR) is 92.2 cm³/mol. The molecule has 0 aliphatic heterocycles. The highest BCUT2D eigenvalue weighted by Crippen LogP contribution is 2.33. The SMILES string of the molecule is NC(=O)c1cccc2c1c1[c]ccc(F)c1n2Cc1cc(F)cc(F)c1F. The molecule has 1 heterocycles. The molecule has 0 aliphatic carbocycles. The molecule has 3 aromatic carbocycles. The van der Waals surface area contributed by atoms with Crippen molar-refractivity contribution in [3.05, 3.63) is 82.9 Å². The van der Waals surface area contributed by atoms with Crippen LogP contribution in [0.5, 0.6) is 0 Å². The summed E-state index contributed by atoms with van der Waals surface area (Å²) in [5.41, 5.74) is 5.67. The molecule has 0 saturated heterocycles. The van der Waals surface area contributed by atoms with Gasteiger partial charge in [0.15, 0.2) is 11.6 Å². The molecule has 1 aromatic heterocycles. The molecule has 0 bridgehead atoms. The van der Waals surface area contributed by atoms with Gasteiger partial charge in [-0.25, -0.2) is 17.6 Å². The molecule has 1 amide bonds. The molecule has 0 unspecified atom stereocenters. The van der Waals surface area contributed by atoms with E-state index in [9.17, 15) is 22.4 Å². The van der Waals surface area contributed by atoms with Gasteiger partial charge in [0.05, 0.1) is 17.6 Å². The minimum Gasteiger partial charge on any atom is -0.366 e. The molecule has 0 atom stereocenters. The van der Waals surface area contributed by atoms with Crippen molar-refractivity contribution >= 4 is 27.7 Å². The van der Waals surface area contributed by atoms with E-state index in [1.54, 1.807) is 6.07 Å². The molecular weight excluding hydrogens is 360 g/mol. The van der Waals surface area contributed by atoms with E-state index in [2.05, 4.69) is 6.07 Å². The summed E-state index contributed by atoms with van der Waals surface area (Å²) >= 11 is 0. The predicted octanol–water partition coefficient (Wildman–Crippen LogP) is 4.30. The fourth-order valence-electron chi connectivity index (χ4n) is 3.33. The van der Waals surface area contributed by atoms with Gasteiger partial charge in [-0.2, -0.15) is 0 Å². The summed E-state index contributed by atoms with van der Waals surface area (Å²) in [5, 5.41) is 0.619. The van der Waals surface area contributed by atoms with Crippen LogP contribution < -0.4 is 5.73 Å². The van der Waals surface area contributed by atoms with Gasteiger partial charge in [-0.15, -0.1) is 0 Å². The summed E-state index contributed by atoms with van der Waals surface area (Å²) in [5.74, 6) is -4.88. The number of halogens is 4. The number of rotatable bonds is 3. The first-order valence-electron chi connectivity index (χ1n) is 7.93. The zero-order valence-corrected chi connectivity index (χ0v) is 13.7. The van der Waals surface area contributed by atoms with E-state index < -0.39 is 29.2 Å². The number of benzene rings is 3. The second-order valence-corrected chi connectivity index (χ2v) is 6.06. The Hall–Kier alpha value is -3.35. The summed E-state index contributed by atoms with van der Waals surface area (Å²) < 4.78 is 57.2. The van der Waals surface area contributed by atoms with E-state index >= 15 is 0 Å². The second kappa shape index (κ2) is 6.12. The molecule has 0 saturated carbocycles. The smallest absolute Gasteiger partial charge is 0.249 e. The van der Waals surface area contributed by atoms with Crippen LogP contribution >= 0.6 is 0 Å². The van der Waals surface area contributed by atoms with Gasteiger partial charge < -0.3 is 10.3 Å². The maximum Gasteiger partial charge on any atom is 0.249 e. The van der Waals surface area contributed by atoms with Gasteiger partial charge in [0.1, 0.15) is 11.6 Å². The van der Waals surface area contributed by atoms with Crippen LogP contribution in [0.4, 0.5) is 17.6 Å². The van der Waals surface area contributed by atoms with Gasteiger partial charge in [-0.1, -0.05) is 12.1 Å². The van der Waals surface area contributed by atoms with Crippen LogP contribution in [0.3, 0.4) is 0 Å². The van der Waals surface area contributed by atoms with E-state index in [4.69, 9.17) is 5.73 Å². The lowest BCUT2D eigenvalue weighted by Crippen LogP contribution is -2.11. The van der Waals surface area contributed by atoms with Crippen molar-refractivity contribution in [3.8, 4) is 0 Å². The lowest BCUT2D eigenvalue weighted by Gasteiger charge is -2.10. The van der Waals surface area contributed by atoms with E-state index in [-0.39, 0.29) is 28.6 Å². The maximum atomic E-state index is 14.6. The Kier molecular flexibility index (Phi) is 3.87. The van der Waals surface area contributed by atoms with Crippen LogP contribution in [0.15, 0.2) is 42.5 Å². The number of carbonyl (C=O) groups excluding carboxylic acids is 1. The van der Waals surface area contributed by atoms with Gasteiger partial charge in [0, 0.05) is 28.0 Å². The molecule has 3 nitrogen and oxygen atoms in total. The molecule has 2 N–H and O–H groups in total. The third kappa shape index (κ3) is 2.63. The first-order chi connectivity index (χ1) is 12.9. The highest BCUT2D eigenvalue weighted by molar-refractivity contribution is 6.17. The Morgan fingerprint density at radius 1 is 1.07 bits per heavy atom. The number of hydrogen-bond donors (Lipinski definition) is 1. The largest absolute Gasteiger partial charge is 0.366 e. The average molecular weight is 371 g/mol. The fourth-order valence-corrected chi connectivity index (χ4v) is 3.33. The highest BCUT2D eigenvalue weighted by Gasteiger charge is 2.20. The molecule has 0 aliphatic rings. The standard InChI is InChI=1S/C20H11F4N2O/c21-11-7-10(18(24)15(23)8-11)9-26-16-6-2-4-13(20(25)27)17(16)12-3-1-5-14(22)19(12)26/h1-2,4-8H,9H2,(H2,25,27). The number of hydrogen-bond acceptors (Lipinski definition) is 1. The highest BCUT2D eigenvalue weighted by atomic mass is 19.2. The minimum atomic E-state index is -1.34. The van der Waals surface area contributed by atoms with Crippen LogP contribution in [0, 0.1) is 29.3 Å². The third-order valence-electron chi connectivity index (χ3n) is 4.44. The topological polar surface area (TPSA) is 48.0 Å². The Morgan fingerprint density at radius 3 is 2.59 bits per heavy atom. The Morgan fingerprint density at radius 2 is 1.85 bits per heavy atom. The lowest BCUT2D eigenvalue weighted by molar-refractivity contribution is 0.100. The van der Waals surface area contributed by atoms with Crippen molar-refractivity contribution in [2.75, 3.05) is 0 Å². The van der Waals surface area contributed by atoms with Gasteiger partial charge in [-0.05, 0) is 30.3 Å². The number of carbonyl (C=O) groups is 1. The van der Waals surface area contributed by atoms with Crippen LogP contribution in [-0.4, -0.2) is 10.5 Å². The van der Waals surface area contributed by atoms with Crippen LogP contribution in [0.2, 0.25) is 0 Å². The molecule has 27 heavy (non-hydrogen) atoms. The van der Waals surface area contributed by atoms with Crippen molar-refractivity contribution in [1.82, 2.24) is 4.57 Å². The molecule has 135 valence electrons. The van der Waals surface area contributed by atoms with Crippen molar-refractivity contribution in [2.45, 2.75) is 6.54 Å². The van der Waals surface area contributed by atoms with Gasteiger partial charge in [-0.3, -0.25) is 4.79 Å². The van der Waals surface area contributed by atoms with Crippen LogP contribution in [0.25, 0.3) is 21.8 Å². The Labute approximate surface area is 150 Å². The molecule has 4 aromatic rings. The monoisotopic (exact) mass is 371 g/mol. The number of amides is 1. The van der Waals surface area contributed by atoms with Gasteiger partial charge in [0.25, 0.3) is 0 Å². The second-order valence-electron chi connectivity index (χ2n) is 6.06. The summed E-state index contributed by atoms with van der Waals surface area (Å²) in [6, 6.07) is 11.3. The van der Waals surface area contributed by atoms with Crippen molar-refractivity contribution in [2.24, 2.45) is 5.73 Å². The minimum absolute atomic E-state index is 0.0327. The Balaban J connectivity index is 2.08. The summed E-state index contributed by atoms with van der Waals surface area (Å²) in [7, 11) is 0. The summed E-state index contributed by atoms with van der Waals surface area (Å²) in [4.78, 5) is 11.8. The first kappa shape index (κ1) is 17.1. The van der Waals surface area contributed by atoms with Crippen LogP contribution in [-0.2, 0) is 6.54 Å². The van der Waals surface area contributed by atoms with E-state index in [1.165, 1.54) is 22.8 Å². The van der Waals surface area contributed by atoms with E-state index in [0.29, 0.717) is 17.0 Å². The van der Waals surface area contributed by atoms with Gasteiger partial charge >= 0.3 is 0 Å². The third-order valence-corrected chi connectivity index (χ3v) is 4.44. The Bertz CT molecular complexity index is 1230. The van der Waals surface area contributed by atoms with Crippen molar-refractivity contribution in [3.63, 3.8) is 0 Å². The van der Waals surface area contributed by atoms with Gasteiger partial charge in [0.2, 0.25) is 5.91 Å². The molecule has 4 rings (SSSR count). The zero-order chi connectivity index (χ0) is 19.3. The quantitative estimate of drug-likeness (QED) is 0.424. The summed E-state index contributed by atoms with van der Waals surface area (Å²) in [6.45, 7) is -0.350. The van der Waals surface area contributed by atoms with Crippen molar-refractivity contribution in [1.29, 1.82) is 0 Å². The number of aromatic nitrogens is 1. The molecular formula is C20H11F4N2O. The maximum absolute atomic E-state index is 14.6. The lowest BCUT2D eigenvalue weighted by atomic mass is 10.1. The van der Waals surface area contributed by atoms with Crippen LogP contribution in [0.1, 0.15) is 15.9 Å². The fraction of sp³-hybridized carbons (Fsp3) is 0.0500. The molecule has 0 spiro atoms. The number of nitrogens with zero attached hydrogens (tertiary/aromatic N) is 1. The number of primary amides is 1. The zero-order valence-electron chi connectivity index (χ0n) is 13.7. The van der Waals surface area contributed by atoms with E-state index in [1.807, 2.05) is 0 Å². The number of nitrogens with two attached hydrogens (primary N) is 1. The first-order valence-corrected chi connectivity index (χ1v) is 7.93. The molecule has 7 heteroatoms. The van der Waals surface area contributed by atoms with Crippen molar-refractivity contribution < 1.29 is 22.4 Å². The normalized spacial score (nSPS) is 11.4. The molecule has 0 fully saturated rings.